The molecule has 0 spiro atoms. The fourth-order valence-electron chi connectivity index (χ4n) is 4.92. The van der Waals surface area contributed by atoms with Gasteiger partial charge in [0.25, 0.3) is 5.91 Å². The van der Waals surface area contributed by atoms with Gasteiger partial charge in [-0.05, 0) is 56.1 Å². The molecule has 2 bridgehead atoms. The molecule has 3 heterocycles. The first kappa shape index (κ1) is 21.2. The molecule has 6 nitrogen and oxygen atoms in total. The molecule has 164 valence electrons. The maximum absolute atomic E-state index is 13.2. The van der Waals surface area contributed by atoms with Crippen LogP contribution >= 0.6 is 0 Å². The van der Waals surface area contributed by atoms with Crippen LogP contribution in [0.3, 0.4) is 0 Å². The van der Waals surface area contributed by atoms with Gasteiger partial charge in [-0.3, -0.25) is 9.59 Å². The Bertz CT molecular complexity index is 753. The van der Waals surface area contributed by atoms with Gasteiger partial charge in [0.1, 0.15) is 12.4 Å². The van der Waals surface area contributed by atoms with Gasteiger partial charge in [-0.1, -0.05) is 25.0 Å². The van der Waals surface area contributed by atoms with Crippen LogP contribution in [0, 0.1) is 11.3 Å². The number of fused-ring (bicyclic) bond motifs is 9. The third-order valence-electron chi connectivity index (χ3n) is 7.33. The minimum atomic E-state index is -0.101. The molecular weight excluding hydrogens is 380 g/mol. The van der Waals surface area contributed by atoms with E-state index in [1.165, 1.54) is 0 Å². The Hall–Kier alpha value is -2.08. The molecule has 6 heteroatoms. The van der Waals surface area contributed by atoms with E-state index in [4.69, 9.17) is 4.74 Å². The van der Waals surface area contributed by atoms with Crippen LogP contribution in [-0.2, 0) is 4.79 Å². The first-order chi connectivity index (χ1) is 14.6. The summed E-state index contributed by atoms with van der Waals surface area (Å²) < 4.78 is 6.01. The van der Waals surface area contributed by atoms with E-state index in [1.54, 1.807) is 0 Å². The zero-order valence-corrected chi connectivity index (χ0v) is 17.9. The molecule has 2 fully saturated rings. The van der Waals surface area contributed by atoms with Crippen molar-refractivity contribution in [3.05, 3.63) is 29.8 Å². The zero-order chi connectivity index (χ0) is 21.0. The highest BCUT2D eigenvalue weighted by Gasteiger charge is 2.36. The van der Waals surface area contributed by atoms with E-state index in [-0.39, 0.29) is 29.8 Å². The number of rotatable bonds is 2. The molecule has 1 saturated heterocycles. The van der Waals surface area contributed by atoms with Gasteiger partial charge in [-0.15, -0.1) is 0 Å². The molecule has 1 aromatic rings. The molecule has 4 aliphatic rings. The lowest BCUT2D eigenvalue weighted by atomic mass is 9.75. The van der Waals surface area contributed by atoms with Gasteiger partial charge in [-0.25, -0.2) is 0 Å². The molecule has 2 amide bonds. The summed E-state index contributed by atoms with van der Waals surface area (Å²) in [5, 5.41) is 10.1. The number of carbonyl (C=O) groups excluding carboxylic acids is 2. The van der Waals surface area contributed by atoms with Crippen molar-refractivity contribution in [3.63, 3.8) is 0 Å². The molecule has 0 aromatic heterocycles. The Morgan fingerprint density at radius 3 is 2.50 bits per heavy atom. The standard InChI is InChI=1S/C24H34N2O4/c27-18-24-10-3-4-13-25(22(28)19-6-5-7-19)16-17-30-21-9-2-1-8-20(21)23(29)26(14-11-24)15-12-24/h1-2,8-9,19,27H,3-7,10-18H2. The molecule has 30 heavy (non-hydrogen) atoms. The van der Waals surface area contributed by atoms with E-state index in [1.807, 2.05) is 34.1 Å². The lowest BCUT2D eigenvalue weighted by molar-refractivity contribution is -0.138. The largest absolute Gasteiger partial charge is 0.491 e. The van der Waals surface area contributed by atoms with Crippen LogP contribution in [0.5, 0.6) is 5.75 Å². The number of aliphatic hydroxyl groups excluding tert-OH is 1. The van der Waals surface area contributed by atoms with E-state index < -0.39 is 0 Å². The first-order valence-electron chi connectivity index (χ1n) is 11.5. The van der Waals surface area contributed by atoms with Crippen molar-refractivity contribution in [2.75, 3.05) is 39.4 Å². The third kappa shape index (κ3) is 4.48. The van der Waals surface area contributed by atoms with E-state index >= 15 is 0 Å². The zero-order valence-electron chi connectivity index (χ0n) is 17.9. The number of nitrogens with zero attached hydrogens (tertiary/aromatic N) is 2. The Kier molecular flexibility index (Phi) is 6.61. The predicted molar refractivity (Wildman–Crippen MR) is 114 cm³/mol. The molecule has 3 aliphatic heterocycles. The quantitative estimate of drug-likeness (QED) is 0.807. The molecule has 5 rings (SSSR count). The Balaban J connectivity index is 1.54. The average Bonchev–Trinajstić information content (AvgIpc) is 2.74. The predicted octanol–water partition coefficient (Wildman–Crippen LogP) is 3.09. The van der Waals surface area contributed by atoms with Crippen LogP contribution in [0.15, 0.2) is 24.3 Å². The fraction of sp³-hybridized carbons (Fsp3) is 0.667. The van der Waals surface area contributed by atoms with Crippen molar-refractivity contribution >= 4 is 11.8 Å². The molecule has 1 aliphatic carbocycles. The number of benzene rings is 1. The summed E-state index contributed by atoms with van der Waals surface area (Å²) in [6.07, 6.45) is 7.67. The van der Waals surface area contributed by atoms with Gasteiger partial charge < -0.3 is 19.6 Å². The molecule has 1 saturated carbocycles. The summed E-state index contributed by atoms with van der Waals surface area (Å²) in [6, 6.07) is 7.40. The molecular formula is C24H34N2O4. The van der Waals surface area contributed by atoms with Gasteiger partial charge in [0.05, 0.1) is 12.1 Å². The van der Waals surface area contributed by atoms with Gasteiger partial charge >= 0.3 is 0 Å². The average molecular weight is 415 g/mol. The van der Waals surface area contributed by atoms with Gasteiger partial charge in [0, 0.05) is 32.2 Å². The van der Waals surface area contributed by atoms with Gasteiger partial charge in [0.2, 0.25) is 5.91 Å². The lowest BCUT2D eigenvalue weighted by Gasteiger charge is -2.41. The van der Waals surface area contributed by atoms with Crippen molar-refractivity contribution in [3.8, 4) is 5.75 Å². The van der Waals surface area contributed by atoms with E-state index in [0.717, 1.165) is 57.9 Å². The molecule has 1 aromatic carbocycles. The highest BCUT2D eigenvalue weighted by molar-refractivity contribution is 5.97. The number of amides is 2. The topological polar surface area (TPSA) is 70.1 Å². The molecule has 0 atom stereocenters. The summed E-state index contributed by atoms with van der Waals surface area (Å²) in [6.45, 7) is 3.18. The van der Waals surface area contributed by atoms with Crippen LogP contribution in [0.4, 0.5) is 0 Å². The summed E-state index contributed by atoms with van der Waals surface area (Å²) in [5.74, 6) is 1.01. The SMILES string of the molecule is O=C1c2ccccc2OCCN(C(=O)C2CCC2)CCCCC2(CO)CCN1CC2. The second-order valence-corrected chi connectivity index (χ2v) is 9.21. The van der Waals surface area contributed by atoms with Crippen LogP contribution in [0.25, 0.3) is 0 Å². The van der Waals surface area contributed by atoms with Crippen LogP contribution in [-0.4, -0.2) is 66.1 Å². The van der Waals surface area contributed by atoms with Crippen molar-refractivity contribution in [2.24, 2.45) is 11.3 Å². The highest BCUT2D eigenvalue weighted by atomic mass is 16.5. The van der Waals surface area contributed by atoms with Crippen molar-refractivity contribution in [1.29, 1.82) is 0 Å². The lowest BCUT2D eigenvalue weighted by Crippen LogP contribution is -2.44. The van der Waals surface area contributed by atoms with Crippen molar-refractivity contribution in [2.45, 2.75) is 51.4 Å². The highest BCUT2D eigenvalue weighted by Crippen LogP contribution is 2.37. The minimum absolute atomic E-state index is 0.00517. The molecule has 1 N–H and O–H groups in total. The number of ether oxygens (including phenoxy) is 1. The van der Waals surface area contributed by atoms with Gasteiger partial charge in [0.15, 0.2) is 0 Å². The maximum atomic E-state index is 13.2. The maximum Gasteiger partial charge on any atom is 0.257 e. The summed E-state index contributed by atoms with van der Waals surface area (Å²) in [7, 11) is 0. The number of carbonyl (C=O) groups is 2. The third-order valence-corrected chi connectivity index (χ3v) is 7.33. The summed E-state index contributed by atoms with van der Waals surface area (Å²) in [4.78, 5) is 29.9. The van der Waals surface area contributed by atoms with E-state index in [0.29, 0.717) is 37.6 Å². The number of hydrogen-bond acceptors (Lipinski definition) is 4. The van der Waals surface area contributed by atoms with Crippen LogP contribution in [0.2, 0.25) is 0 Å². The number of hydrogen-bond donors (Lipinski definition) is 1. The fourth-order valence-corrected chi connectivity index (χ4v) is 4.92. The van der Waals surface area contributed by atoms with Crippen molar-refractivity contribution in [1.82, 2.24) is 9.80 Å². The van der Waals surface area contributed by atoms with Gasteiger partial charge in [-0.2, -0.15) is 0 Å². The van der Waals surface area contributed by atoms with E-state index in [9.17, 15) is 14.7 Å². The summed E-state index contributed by atoms with van der Waals surface area (Å²) >= 11 is 0. The van der Waals surface area contributed by atoms with E-state index in [2.05, 4.69) is 0 Å². The second kappa shape index (κ2) is 9.38. The number of aliphatic hydroxyl groups is 1. The first-order valence-corrected chi connectivity index (χ1v) is 11.5. The summed E-state index contributed by atoms with van der Waals surface area (Å²) in [5.41, 5.74) is 0.483. The Morgan fingerprint density at radius 1 is 1.03 bits per heavy atom. The number of para-hydroxylation sites is 1. The second-order valence-electron chi connectivity index (χ2n) is 9.21. The van der Waals surface area contributed by atoms with Crippen LogP contribution in [0.1, 0.15) is 61.7 Å². The smallest absolute Gasteiger partial charge is 0.257 e. The Morgan fingerprint density at radius 2 is 1.80 bits per heavy atom. The Labute approximate surface area is 179 Å². The minimum Gasteiger partial charge on any atom is -0.491 e. The normalized spacial score (nSPS) is 23.0. The number of piperidine rings is 1. The monoisotopic (exact) mass is 414 g/mol. The van der Waals surface area contributed by atoms with Crippen LogP contribution < -0.4 is 4.74 Å². The molecule has 0 unspecified atom stereocenters. The molecule has 0 radical (unpaired) electrons. The van der Waals surface area contributed by atoms with Crippen molar-refractivity contribution < 1.29 is 19.4 Å².